The van der Waals surface area contributed by atoms with Gasteiger partial charge in [0.1, 0.15) is 6.10 Å². The molecule has 6 unspecified atom stereocenters. The number of hydrogen-bond acceptors (Lipinski definition) is 7. The van der Waals surface area contributed by atoms with Crippen LogP contribution in [-0.2, 0) is 23.9 Å². The molecule has 1 aliphatic heterocycles. The summed E-state index contributed by atoms with van der Waals surface area (Å²) in [5.41, 5.74) is -0.237. The van der Waals surface area contributed by atoms with Gasteiger partial charge in [0, 0.05) is 11.5 Å². The number of aliphatic carboxylic acids is 1. The van der Waals surface area contributed by atoms with Gasteiger partial charge in [0.15, 0.2) is 5.76 Å². The van der Waals surface area contributed by atoms with Gasteiger partial charge in [-0.15, -0.1) is 0 Å². The number of fused-ring (bicyclic) bond motifs is 3. The van der Waals surface area contributed by atoms with Gasteiger partial charge >= 0.3 is 17.9 Å². The molecule has 6 atom stereocenters. The molecule has 2 aromatic rings. The molecule has 1 saturated heterocycles. The molecular formula is C28H28O8. The van der Waals surface area contributed by atoms with E-state index >= 15 is 0 Å². The van der Waals surface area contributed by atoms with Crippen molar-refractivity contribution < 1.29 is 38.2 Å². The van der Waals surface area contributed by atoms with Crippen LogP contribution in [0.3, 0.4) is 0 Å². The van der Waals surface area contributed by atoms with Crippen molar-refractivity contribution in [1.82, 2.24) is 0 Å². The second kappa shape index (κ2) is 8.47. The zero-order valence-corrected chi connectivity index (χ0v) is 20.4. The number of rotatable bonds is 4. The van der Waals surface area contributed by atoms with Gasteiger partial charge in [-0.05, 0) is 60.8 Å². The third kappa shape index (κ3) is 3.58. The van der Waals surface area contributed by atoms with Crippen LogP contribution in [0.15, 0.2) is 59.1 Å². The molecule has 2 aliphatic carbocycles. The van der Waals surface area contributed by atoms with Crippen LogP contribution in [0.1, 0.15) is 60.7 Å². The summed E-state index contributed by atoms with van der Waals surface area (Å²) in [6.45, 7) is 5.40. The molecule has 1 saturated carbocycles. The minimum atomic E-state index is -1.11. The Bertz CT molecular complexity index is 1270. The summed E-state index contributed by atoms with van der Waals surface area (Å²) in [5.74, 6) is -5.49. The molecule has 0 spiro atoms. The zero-order valence-electron chi connectivity index (χ0n) is 20.4. The number of hydrogen-bond donors (Lipinski definition) is 1. The van der Waals surface area contributed by atoms with Crippen molar-refractivity contribution in [1.29, 1.82) is 0 Å². The number of ether oxygens (including phenoxy) is 2. The fraction of sp³-hybridized carbons (Fsp3) is 0.429. The molecule has 0 bridgehead atoms. The van der Waals surface area contributed by atoms with Gasteiger partial charge in [-0.3, -0.25) is 14.4 Å². The Balaban J connectivity index is 1.56. The fourth-order valence-corrected chi connectivity index (χ4v) is 6.73. The quantitative estimate of drug-likeness (QED) is 0.613. The van der Waals surface area contributed by atoms with E-state index in [1.165, 1.54) is 18.6 Å². The van der Waals surface area contributed by atoms with Gasteiger partial charge in [0.2, 0.25) is 5.78 Å². The van der Waals surface area contributed by atoms with Gasteiger partial charge in [-0.2, -0.15) is 0 Å². The smallest absolute Gasteiger partial charge is 0.343 e. The molecule has 36 heavy (non-hydrogen) atoms. The number of cyclic esters (lactones) is 1. The van der Waals surface area contributed by atoms with Gasteiger partial charge < -0.3 is 19.0 Å². The lowest BCUT2D eigenvalue weighted by Gasteiger charge is -2.59. The lowest BCUT2D eigenvalue weighted by atomic mass is 9.44. The second-order valence-corrected chi connectivity index (χ2v) is 10.6. The number of carbonyl (C=O) groups is 4. The van der Waals surface area contributed by atoms with Crippen molar-refractivity contribution in [2.75, 3.05) is 0 Å². The van der Waals surface area contributed by atoms with Gasteiger partial charge in [-0.1, -0.05) is 32.0 Å². The number of ketones is 1. The Morgan fingerprint density at radius 2 is 1.86 bits per heavy atom. The highest BCUT2D eigenvalue weighted by Gasteiger charge is 2.66. The van der Waals surface area contributed by atoms with E-state index in [1.807, 2.05) is 6.92 Å². The number of furan rings is 1. The molecule has 2 heterocycles. The first kappa shape index (κ1) is 24.0. The molecular weight excluding hydrogens is 464 g/mol. The molecule has 1 aromatic carbocycles. The van der Waals surface area contributed by atoms with Crippen LogP contribution in [0.4, 0.5) is 0 Å². The minimum absolute atomic E-state index is 0.279. The molecule has 0 radical (unpaired) electrons. The lowest BCUT2D eigenvalue weighted by Crippen LogP contribution is -2.61. The molecule has 3 aliphatic rings. The monoisotopic (exact) mass is 492 g/mol. The molecule has 2 fully saturated rings. The highest BCUT2D eigenvalue weighted by molar-refractivity contribution is 6.03. The Hall–Kier alpha value is -3.68. The number of carboxylic acids is 1. The van der Waals surface area contributed by atoms with E-state index < -0.39 is 58.4 Å². The first-order chi connectivity index (χ1) is 17.1. The van der Waals surface area contributed by atoms with Crippen LogP contribution in [0.25, 0.3) is 0 Å². The fourth-order valence-electron chi connectivity index (χ4n) is 6.73. The molecule has 5 rings (SSSR count). The number of allylic oxidation sites excluding steroid dienone is 1. The SMILES string of the molecule is Cc1ccccc1C(=O)OC1=CC(C(=O)O)C2(C)CCC3C(=O)OC(c4ccoc4)CC3(C)C2C1=O. The summed E-state index contributed by atoms with van der Waals surface area (Å²) in [6.07, 6.45) is 4.71. The van der Waals surface area contributed by atoms with Crippen molar-refractivity contribution in [3.8, 4) is 0 Å². The van der Waals surface area contributed by atoms with Crippen molar-refractivity contribution >= 4 is 23.7 Å². The standard InChI is InChI=1S/C28H28O8/c1-15-6-4-5-7-17(15)25(32)35-20-12-19(24(30)31)27(2)10-8-18-26(33)36-21(16-9-11-34-14-16)13-28(18,3)23(27)22(20)29/h4-7,9,11-12,14,18-19,21,23H,8,10,13H2,1-3H3,(H,30,31). The normalized spacial score (nSPS) is 33.6. The van der Waals surface area contributed by atoms with Crippen LogP contribution in [0.2, 0.25) is 0 Å². The average molecular weight is 493 g/mol. The third-order valence-electron chi connectivity index (χ3n) is 8.54. The van der Waals surface area contributed by atoms with Gasteiger partial charge in [0.05, 0.1) is 29.9 Å². The molecule has 188 valence electrons. The molecule has 0 amide bonds. The largest absolute Gasteiger partial charge is 0.481 e. The number of esters is 2. The van der Waals surface area contributed by atoms with Crippen LogP contribution < -0.4 is 0 Å². The summed E-state index contributed by atoms with van der Waals surface area (Å²) in [4.78, 5) is 52.6. The average Bonchev–Trinajstić information content (AvgIpc) is 3.35. The minimum Gasteiger partial charge on any atom is -0.481 e. The summed E-state index contributed by atoms with van der Waals surface area (Å²) in [6, 6.07) is 8.52. The summed E-state index contributed by atoms with van der Waals surface area (Å²) >= 11 is 0. The maximum absolute atomic E-state index is 14.0. The number of carboxylic acid groups (broad SMARTS) is 1. The van der Waals surface area contributed by atoms with Crippen molar-refractivity contribution in [3.05, 3.63) is 71.4 Å². The summed E-state index contributed by atoms with van der Waals surface area (Å²) in [5, 5.41) is 10.2. The topological polar surface area (TPSA) is 120 Å². The molecule has 8 nitrogen and oxygen atoms in total. The predicted molar refractivity (Wildman–Crippen MR) is 125 cm³/mol. The number of carbonyl (C=O) groups excluding carboxylic acids is 3. The van der Waals surface area contributed by atoms with Gasteiger partial charge in [0.25, 0.3) is 0 Å². The molecule has 8 heteroatoms. The van der Waals surface area contributed by atoms with E-state index in [1.54, 1.807) is 44.2 Å². The van der Waals surface area contributed by atoms with Crippen molar-refractivity contribution in [2.24, 2.45) is 28.6 Å². The number of aryl methyl sites for hydroxylation is 1. The first-order valence-corrected chi connectivity index (χ1v) is 12.1. The van der Waals surface area contributed by atoms with Crippen LogP contribution in [-0.4, -0.2) is 28.8 Å². The molecule has 1 aromatic heterocycles. The van der Waals surface area contributed by atoms with E-state index in [4.69, 9.17) is 13.9 Å². The number of Topliss-reactive ketones (excluding diaryl/α,β-unsaturated/α-hetero) is 1. The van der Waals surface area contributed by atoms with Crippen molar-refractivity contribution in [3.63, 3.8) is 0 Å². The summed E-state index contributed by atoms with van der Waals surface area (Å²) in [7, 11) is 0. The predicted octanol–water partition coefficient (Wildman–Crippen LogP) is 4.64. The highest BCUT2D eigenvalue weighted by Crippen LogP contribution is 2.64. The zero-order chi connectivity index (χ0) is 25.8. The molecule has 1 N–H and O–H groups in total. The highest BCUT2D eigenvalue weighted by atomic mass is 16.5. The van der Waals surface area contributed by atoms with E-state index in [2.05, 4.69) is 0 Å². The Labute approximate surface area is 208 Å². The third-order valence-corrected chi connectivity index (χ3v) is 8.54. The van der Waals surface area contributed by atoms with Crippen LogP contribution in [0.5, 0.6) is 0 Å². The first-order valence-electron chi connectivity index (χ1n) is 12.1. The second-order valence-electron chi connectivity index (χ2n) is 10.6. The van der Waals surface area contributed by atoms with E-state index in [0.29, 0.717) is 36.0 Å². The Morgan fingerprint density at radius 1 is 1.11 bits per heavy atom. The Kier molecular flexibility index (Phi) is 5.65. The maximum atomic E-state index is 14.0. The van der Waals surface area contributed by atoms with E-state index in [-0.39, 0.29) is 5.76 Å². The lowest BCUT2D eigenvalue weighted by molar-refractivity contribution is -0.197. The van der Waals surface area contributed by atoms with E-state index in [0.717, 1.165) is 0 Å². The Morgan fingerprint density at radius 3 is 2.53 bits per heavy atom. The van der Waals surface area contributed by atoms with Gasteiger partial charge in [-0.25, -0.2) is 4.79 Å². The van der Waals surface area contributed by atoms with Crippen LogP contribution in [0, 0.1) is 35.5 Å². The van der Waals surface area contributed by atoms with Crippen molar-refractivity contribution in [2.45, 2.75) is 46.1 Å². The van der Waals surface area contributed by atoms with E-state index in [9.17, 15) is 24.3 Å². The maximum Gasteiger partial charge on any atom is 0.343 e. The summed E-state index contributed by atoms with van der Waals surface area (Å²) < 4.78 is 16.5. The van der Waals surface area contributed by atoms with Crippen LogP contribution >= 0.6 is 0 Å². The number of benzene rings is 1.